The summed E-state index contributed by atoms with van der Waals surface area (Å²) in [5, 5.41) is 9.41. The van der Waals surface area contributed by atoms with E-state index in [0.717, 1.165) is 23.7 Å². The average molecular weight is 448 g/mol. The summed E-state index contributed by atoms with van der Waals surface area (Å²) in [5.74, 6) is -0.190. The van der Waals surface area contributed by atoms with Crippen LogP contribution in [0, 0.1) is 11.8 Å². The van der Waals surface area contributed by atoms with Crippen LogP contribution in [0.2, 0.25) is 0 Å². The molecule has 4 nitrogen and oxygen atoms in total. The lowest BCUT2D eigenvalue weighted by molar-refractivity contribution is -0.137. The standard InChI is InChI=1S/C25H32F3N3O/c1-16(24(32)30-14-13-29-3)9-11-20-17(2)21-15-19(25(26,27)28)10-12-22(21)31-23(20)18-7-5-4-6-8-18/h4-8,10,12,15-17,20,23,29,31H,9,11,13-14H2,1-3H3,(H,30,32)/t16-,17-,20+,23-/m0/s1. The SMILES string of the molecule is CNCCNC(=O)[C@@H](C)CC[C@@H]1[C@H](C)c2cc(C(F)(F)F)ccc2N[C@H]1c1ccccc1. The minimum absolute atomic E-state index is 0.00712. The zero-order chi connectivity index (χ0) is 23.3. The van der Waals surface area contributed by atoms with Gasteiger partial charge in [0.05, 0.1) is 11.6 Å². The van der Waals surface area contributed by atoms with E-state index in [9.17, 15) is 18.0 Å². The van der Waals surface area contributed by atoms with Crippen LogP contribution in [0.1, 0.15) is 55.3 Å². The topological polar surface area (TPSA) is 53.2 Å². The van der Waals surface area contributed by atoms with E-state index in [1.807, 2.05) is 51.2 Å². The summed E-state index contributed by atoms with van der Waals surface area (Å²) in [6.45, 7) is 5.18. The van der Waals surface area contributed by atoms with Crippen LogP contribution in [0.5, 0.6) is 0 Å². The molecule has 0 spiro atoms. The van der Waals surface area contributed by atoms with Gasteiger partial charge in [-0.2, -0.15) is 13.2 Å². The first kappa shape index (κ1) is 24.1. The molecule has 3 N–H and O–H groups in total. The molecule has 0 fully saturated rings. The van der Waals surface area contributed by atoms with E-state index in [1.54, 1.807) is 6.07 Å². The van der Waals surface area contributed by atoms with Gasteiger partial charge in [-0.05, 0) is 61.1 Å². The van der Waals surface area contributed by atoms with Gasteiger partial charge in [-0.3, -0.25) is 4.79 Å². The van der Waals surface area contributed by atoms with E-state index in [0.29, 0.717) is 25.1 Å². The zero-order valence-corrected chi connectivity index (χ0v) is 18.8. The Kier molecular flexibility index (Phi) is 7.82. The lowest BCUT2D eigenvalue weighted by atomic mass is 9.73. The molecule has 0 aliphatic carbocycles. The largest absolute Gasteiger partial charge is 0.416 e. The molecule has 0 saturated heterocycles. The van der Waals surface area contributed by atoms with Crippen molar-refractivity contribution in [3.8, 4) is 0 Å². The number of alkyl halides is 3. The monoisotopic (exact) mass is 447 g/mol. The first-order chi connectivity index (χ1) is 15.2. The Morgan fingerprint density at radius 2 is 1.84 bits per heavy atom. The molecule has 1 amide bonds. The third-order valence-corrected chi connectivity index (χ3v) is 6.46. The van der Waals surface area contributed by atoms with Crippen molar-refractivity contribution < 1.29 is 18.0 Å². The van der Waals surface area contributed by atoms with Gasteiger partial charge >= 0.3 is 6.18 Å². The highest BCUT2D eigenvalue weighted by Gasteiger charge is 2.38. The maximum absolute atomic E-state index is 13.3. The van der Waals surface area contributed by atoms with Gasteiger partial charge in [0.25, 0.3) is 0 Å². The van der Waals surface area contributed by atoms with Crippen LogP contribution in [-0.2, 0) is 11.0 Å². The lowest BCUT2D eigenvalue weighted by Crippen LogP contribution is -2.35. The summed E-state index contributed by atoms with van der Waals surface area (Å²) in [4.78, 5) is 12.4. The third-order valence-electron chi connectivity index (χ3n) is 6.46. The second-order valence-electron chi connectivity index (χ2n) is 8.66. The Bertz CT molecular complexity index is 901. The molecule has 0 saturated carbocycles. The van der Waals surface area contributed by atoms with E-state index >= 15 is 0 Å². The van der Waals surface area contributed by atoms with Crippen LogP contribution in [0.3, 0.4) is 0 Å². The Hall–Kier alpha value is -2.54. The van der Waals surface area contributed by atoms with Crippen molar-refractivity contribution in [3.63, 3.8) is 0 Å². The predicted octanol–water partition coefficient (Wildman–Crippen LogP) is 5.34. The highest BCUT2D eigenvalue weighted by Crippen LogP contribution is 2.48. The molecule has 4 atom stereocenters. The molecule has 0 bridgehead atoms. The molecule has 7 heteroatoms. The van der Waals surface area contributed by atoms with Crippen LogP contribution in [0.15, 0.2) is 48.5 Å². The van der Waals surface area contributed by atoms with Gasteiger partial charge in [0.2, 0.25) is 5.91 Å². The second-order valence-corrected chi connectivity index (χ2v) is 8.66. The van der Waals surface area contributed by atoms with Gasteiger partial charge in [-0.25, -0.2) is 0 Å². The van der Waals surface area contributed by atoms with Crippen LogP contribution in [0.4, 0.5) is 18.9 Å². The van der Waals surface area contributed by atoms with Crippen molar-refractivity contribution in [2.24, 2.45) is 11.8 Å². The number of likely N-dealkylation sites (N-methyl/N-ethyl adjacent to an activating group) is 1. The fraction of sp³-hybridized carbons (Fsp3) is 0.480. The molecule has 1 aliphatic rings. The molecule has 0 radical (unpaired) electrons. The summed E-state index contributed by atoms with van der Waals surface area (Å²) in [6, 6.07) is 13.9. The first-order valence-corrected chi connectivity index (χ1v) is 11.2. The number of carbonyl (C=O) groups excluding carboxylic acids is 1. The maximum Gasteiger partial charge on any atom is 0.416 e. The second kappa shape index (κ2) is 10.4. The molecule has 2 aromatic carbocycles. The minimum Gasteiger partial charge on any atom is -0.378 e. The van der Waals surface area contributed by atoms with Crippen LogP contribution >= 0.6 is 0 Å². The van der Waals surface area contributed by atoms with Crippen molar-refractivity contribution in [2.75, 3.05) is 25.5 Å². The maximum atomic E-state index is 13.3. The van der Waals surface area contributed by atoms with Crippen molar-refractivity contribution in [3.05, 3.63) is 65.2 Å². The smallest absolute Gasteiger partial charge is 0.378 e. The first-order valence-electron chi connectivity index (χ1n) is 11.2. The molecule has 3 rings (SSSR count). The van der Waals surface area contributed by atoms with Crippen molar-refractivity contribution in [2.45, 2.75) is 44.8 Å². The van der Waals surface area contributed by atoms with Crippen LogP contribution < -0.4 is 16.0 Å². The predicted molar refractivity (Wildman–Crippen MR) is 121 cm³/mol. The normalized spacial score (nSPS) is 21.4. The van der Waals surface area contributed by atoms with E-state index in [4.69, 9.17) is 0 Å². The molecule has 0 unspecified atom stereocenters. The lowest BCUT2D eigenvalue weighted by Gasteiger charge is -2.40. The van der Waals surface area contributed by atoms with Crippen molar-refractivity contribution in [1.29, 1.82) is 0 Å². The van der Waals surface area contributed by atoms with Gasteiger partial charge in [0, 0.05) is 24.7 Å². The molecule has 2 aromatic rings. The molecule has 1 aliphatic heterocycles. The molecule has 1 heterocycles. The molecular formula is C25H32F3N3O. The number of nitrogens with one attached hydrogen (secondary N) is 3. The zero-order valence-electron chi connectivity index (χ0n) is 18.8. The number of carbonyl (C=O) groups is 1. The van der Waals surface area contributed by atoms with Crippen molar-refractivity contribution in [1.82, 2.24) is 10.6 Å². The van der Waals surface area contributed by atoms with E-state index in [-0.39, 0.29) is 29.7 Å². The van der Waals surface area contributed by atoms with Crippen LogP contribution in [0.25, 0.3) is 0 Å². The Morgan fingerprint density at radius 3 is 2.50 bits per heavy atom. The van der Waals surface area contributed by atoms with E-state index in [2.05, 4.69) is 16.0 Å². The van der Waals surface area contributed by atoms with Crippen molar-refractivity contribution >= 4 is 11.6 Å². The fourth-order valence-corrected chi connectivity index (χ4v) is 4.51. The summed E-state index contributed by atoms with van der Waals surface area (Å²) in [7, 11) is 1.83. The number of hydrogen-bond donors (Lipinski definition) is 3. The Morgan fingerprint density at radius 1 is 1.12 bits per heavy atom. The molecule has 174 valence electrons. The minimum atomic E-state index is -4.37. The number of hydrogen-bond acceptors (Lipinski definition) is 3. The summed E-state index contributed by atoms with van der Waals surface area (Å²) < 4.78 is 40.0. The highest BCUT2D eigenvalue weighted by atomic mass is 19.4. The fourth-order valence-electron chi connectivity index (χ4n) is 4.51. The summed E-state index contributed by atoms with van der Waals surface area (Å²) in [6.07, 6.45) is -2.98. The molecule has 32 heavy (non-hydrogen) atoms. The Balaban J connectivity index is 1.83. The third kappa shape index (κ3) is 5.63. The van der Waals surface area contributed by atoms with E-state index < -0.39 is 11.7 Å². The number of halogens is 3. The Labute approximate surface area is 188 Å². The number of rotatable bonds is 8. The van der Waals surface area contributed by atoms with Gasteiger partial charge in [-0.15, -0.1) is 0 Å². The number of anilines is 1. The van der Waals surface area contributed by atoms with Gasteiger partial charge in [0.15, 0.2) is 0 Å². The summed E-state index contributed by atoms with van der Waals surface area (Å²) >= 11 is 0. The number of amides is 1. The van der Waals surface area contributed by atoms with Crippen LogP contribution in [-0.4, -0.2) is 26.0 Å². The summed E-state index contributed by atoms with van der Waals surface area (Å²) in [5.41, 5.74) is 1.90. The average Bonchev–Trinajstić information content (AvgIpc) is 2.78. The molecular weight excluding hydrogens is 415 g/mol. The van der Waals surface area contributed by atoms with Gasteiger partial charge in [-0.1, -0.05) is 44.2 Å². The number of benzene rings is 2. The van der Waals surface area contributed by atoms with Gasteiger partial charge in [0.1, 0.15) is 0 Å². The number of fused-ring (bicyclic) bond motifs is 1. The quantitative estimate of drug-likeness (QED) is 0.479. The van der Waals surface area contributed by atoms with Gasteiger partial charge < -0.3 is 16.0 Å². The highest BCUT2D eigenvalue weighted by molar-refractivity contribution is 5.78. The van der Waals surface area contributed by atoms with E-state index in [1.165, 1.54) is 6.07 Å². The molecule has 0 aromatic heterocycles.